The van der Waals surface area contributed by atoms with Crippen LogP contribution in [0.15, 0.2) is 46.9 Å². The molecule has 0 bridgehead atoms. The molecule has 2 rings (SSSR count). The van der Waals surface area contributed by atoms with Gasteiger partial charge in [-0.15, -0.1) is 0 Å². The number of nitrogens with zero attached hydrogens (tertiary/aromatic N) is 1. The molecule has 0 saturated carbocycles. The van der Waals surface area contributed by atoms with Crippen LogP contribution in [-0.4, -0.2) is 49.2 Å². The predicted molar refractivity (Wildman–Crippen MR) is 125 cm³/mol. The highest BCUT2D eigenvalue weighted by molar-refractivity contribution is 9.10. The summed E-state index contributed by atoms with van der Waals surface area (Å²) in [5.74, 6) is -7.10. The zero-order valence-corrected chi connectivity index (χ0v) is 21.7. The van der Waals surface area contributed by atoms with Crippen molar-refractivity contribution >= 4 is 45.2 Å². The third-order valence-corrected chi connectivity index (χ3v) is 6.29. The minimum Gasteiger partial charge on any atom is -0.343 e. The Morgan fingerprint density at radius 3 is 2.15 bits per heavy atom. The van der Waals surface area contributed by atoms with Gasteiger partial charge in [0.05, 0.1) is 22.7 Å². The Balaban J connectivity index is 2.39. The number of likely N-dealkylation sites (N-methyl/N-ethyl adjacent to an activating group) is 1. The molecular weight excluding hydrogens is 642 g/mol. The van der Waals surface area contributed by atoms with Crippen molar-refractivity contribution in [3.05, 3.63) is 74.2 Å². The van der Waals surface area contributed by atoms with Crippen LogP contribution >= 0.6 is 27.5 Å². The van der Waals surface area contributed by atoms with Gasteiger partial charge in [0.2, 0.25) is 5.91 Å². The number of carbonyl (C=O) groups is 2. The van der Waals surface area contributed by atoms with Crippen LogP contribution in [0.3, 0.4) is 0 Å². The first-order valence-corrected chi connectivity index (χ1v) is 11.6. The van der Waals surface area contributed by atoms with Crippen molar-refractivity contribution in [1.82, 2.24) is 10.2 Å². The molecule has 1 atom stereocenters. The molecule has 1 unspecified atom stereocenters. The Morgan fingerprint density at radius 2 is 1.64 bits per heavy atom. The maximum atomic E-state index is 14.9. The number of hydrogen-bond acceptors (Lipinski definition) is 2. The lowest BCUT2D eigenvalue weighted by Crippen LogP contribution is -2.42. The number of hydrogen-bond donors (Lipinski definition) is 1. The van der Waals surface area contributed by atoms with Crippen molar-refractivity contribution in [2.45, 2.75) is 24.4 Å². The van der Waals surface area contributed by atoms with Gasteiger partial charge in [0.15, 0.2) is 0 Å². The summed E-state index contributed by atoms with van der Waals surface area (Å²) in [5, 5.41) is 1.61. The van der Waals surface area contributed by atoms with E-state index >= 15 is 0 Å². The predicted octanol–water partition coefficient (Wildman–Crippen LogP) is 7.53. The number of nitrogens with one attached hydrogen (secondary N) is 1. The van der Waals surface area contributed by atoms with E-state index in [2.05, 4.69) is 15.9 Å². The summed E-state index contributed by atoms with van der Waals surface area (Å²) in [6.07, 6.45) is -15.1. The number of alkyl halides is 9. The van der Waals surface area contributed by atoms with E-state index < -0.39 is 77.4 Å². The zero-order chi connectivity index (χ0) is 29.9. The van der Waals surface area contributed by atoms with Crippen LogP contribution in [0.25, 0.3) is 5.83 Å². The minimum absolute atomic E-state index is 0.0456. The quantitative estimate of drug-likeness (QED) is 0.313. The fourth-order valence-corrected chi connectivity index (χ4v) is 3.63. The lowest BCUT2D eigenvalue weighted by atomic mass is 9.95. The fourth-order valence-electron chi connectivity index (χ4n) is 3.20. The van der Waals surface area contributed by atoms with Gasteiger partial charge >= 0.3 is 18.5 Å². The van der Waals surface area contributed by atoms with Crippen LogP contribution in [0, 0.1) is 0 Å². The summed E-state index contributed by atoms with van der Waals surface area (Å²) in [7, 11) is 0.753. The Labute approximate surface area is 227 Å². The largest absolute Gasteiger partial charge is 0.417 e. The molecule has 0 aromatic heterocycles. The first kappa shape index (κ1) is 32.4. The summed E-state index contributed by atoms with van der Waals surface area (Å²) in [4.78, 5) is 24.2. The Morgan fingerprint density at radius 1 is 1.03 bits per heavy atom. The lowest BCUT2D eigenvalue weighted by molar-refractivity contribution is -0.157. The molecule has 0 fully saturated rings. The standard InChI is InChI=1S/C23H16BrClF10N2O2/c1-37(10-21(27,28)29)19(38)9-36-20(39)13-4-2-12(6-15(13)23(33,34)35)18(26)8-14(22(30,31)32)11-3-5-16(24)17(25)7-11/h2-8,14H,9-10H2,1H3,(H,36,39). The summed E-state index contributed by atoms with van der Waals surface area (Å²) in [6.45, 7) is -2.77. The van der Waals surface area contributed by atoms with Crippen LogP contribution in [0.4, 0.5) is 43.9 Å². The van der Waals surface area contributed by atoms with Gasteiger partial charge in [0.1, 0.15) is 18.3 Å². The number of carbonyl (C=O) groups excluding carboxylic acids is 2. The molecule has 214 valence electrons. The van der Waals surface area contributed by atoms with E-state index in [-0.39, 0.29) is 26.5 Å². The summed E-state index contributed by atoms with van der Waals surface area (Å²) in [5.41, 5.74) is -4.35. The second-order valence-corrected chi connectivity index (χ2v) is 9.27. The number of allylic oxidation sites excluding steroid dienone is 1. The Kier molecular flexibility index (Phi) is 10.1. The summed E-state index contributed by atoms with van der Waals surface area (Å²) in [6, 6.07) is 4.22. The Bertz CT molecular complexity index is 1260. The minimum atomic E-state index is -5.30. The fraction of sp³-hybridized carbons (Fsp3) is 0.304. The van der Waals surface area contributed by atoms with Gasteiger partial charge in [0, 0.05) is 17.1 Å². The highest BCUT2D eigenvalue weighted by Gasteiger charge is 2.41. The van der Waals surface area contributed by atoms with E-state index in [1.807, 2.05) is 0 Å². The van der Waals surface area contributed by atoms with Crippen molar-refractivity contribution in [2.24, 2.45) is 0 Å². The van der Waals surface area contributed by atoms with Crippen LogP contribution in [0.5, 0.6) is 0 Å². The highest BCUT2D eigenvalue weighted by atomic mass is 79.9. The SMILES string of the molecule is CN(CC(F)(F)F)C(=O)CNC(=O)c1ccc(C(F)=CC(c2ccc(Br)c(Cl)c2)C(F)(F)F)cc1C(F)(F)F. The van der Waals surface area contributed by atoms with Gasteiger partial charge in [-0.25, -0.2) is 4.39 Å². The third-order valence-electron chi connectivity index (χ3n) is 5.06. The van der Waals surface area contributed by atoms with E-state index in [1.165, 1.54) is 6.07 Å². The molecule has 16 heteroatoms. The van der Waals surface area contributed by atoms with Gasteiger partial charge < -0.3 is 10.2 Å². The molecule has 0 heterocycles. The van der Waals surface area contributed by atoms with Crippen LogP contribution < -0.4 is 5.32 Å². The molecule has 39 heavy (non-hydrogen) atoms. The zero-order valence-electron chi connectivity index (χ0n) is 19.3. The van der Waals surface area contributed by atoms with Crippen molar-refractivity contribution in [1.29, 1.82) is 0 Å². The number of halogens is 12. The molecule has 2 aromatic carbocycles. The lowest BCUT2D eigenvalue weighted by Gasteiger charge is -2.20. The molecule has 0 saturated heterocycles. The van der Waals surface area contributed by atoms with Gasteiger partial charge in [-0.05, 0) is 51.8 Å². The topological polar surface area (TPSA) is 49.4 Å². The maximum absolute atomic E-state index is 14.9. The van der Waals surface area contributed by atoms with Gasteiger partial charge in [-0.1, -0.05) is 23.7 Å². The molecule has 1 N–H and O–H groups in total. The molecule has 0 aliphatic carbocycles. The molecule has 0 spiro atoms. The van der Waals surface area contributed by atoms with E-state index in [0.717, 1.165) is 19.2 Å². The van der Waals surface area contributed by atoms with E-state index in [4.69, 9.17) is 11.6 Å². The van der Waals surface area contributed by atoms with Gasteiger partial charge in [-0.3, -0.25) is 9.59 Å². The van der Waals surface area contributed by atoms with Crippen molar-refractivity contribution < 1.29 is 53.5 Å². The third kappa shape index (κ3) is 9.12. The first-order chi connectivity index (χ1) is 17.7. The Hall–Kier alpha value is -2.81. The molecule has 2 amide bonds. The highest BCUT2D eigenvalue weighted by Crippen LogP contribution is 2.41. The molecule has 0 radical (unpaired) electrons. The smallest absolute Gasteiger partial charge is 0.343 e. The van der Waals surface area contributed by atoms with Crippen molar-refractivity contribution in [3.8, 4) is 0 Å². The van der Waals surface area contributed by atoms with Crippen molar-refractivity contribution in [3.63, 3.8) is 0 Å². The van der Waals surface area contributed by atoms with Crippen LogP contribution in [0.1, 0.15) is 33.0 Å². The summed E-state index contributed by atoms with van der Waals surface area (Å²) < 4.78 is 134. The normalized spacial score (nSPS) is 13.7. The second kappa shape index (κ2) is 12.1. The average molecular weight is 658 g/mol. The average Bonchev–Trinajstić information content (AvgIpc) is 2.79. The van der Waals surface area contributed by atoms with E-state index in [0.29, 0.717) is 12.1 Å². The summed E-state index contributed by atoms with van der Waals surface area (Å²) >= 11 is 8.80. The van der Waals surface area contributed by atoms with Crippen LogP contribution in [-0.2, 0) is 11.0 Å². The molecule has 4 nitrogen and oxygen atoms in total. The molecule has 0 aliphatic heterocycles. The number of benzene rings is 2. The van der Waals surface area contributed by atoms with Gasteiger partial charge in [0.25, 0.3) is 5.91 Å². The second-order valence-electron chi connectivity index (χ2n) is 8.01. The molecular formula is C23H16BrClF10N2O2. The van der Waals surface area contributed by atoms with Crippen LogP contribution in [0.2, 0.25) is 5.02 Å². The number of rotatable bonds is 7. The van der Waals surface area contributed by atoms with E-state index in [9.17, 15) is 53.5 Å². The molecule has 0 aliphatic rings. The monoisotopic (exact) mass is 656 g/mol. The van der Waals surface area contributed by atoms with Crippen molar-refractivity contribution in [2.75, 3.05) is 20.1 Å². The molecule has 2 aromatic rings. The number of amides is 2. The maximum Gasteiger partial charge on any atom is 0.417 e. The first-order valence-electron chi connectivity index (χ1n) is 10.4. The van der Waals surface area contributed by atoms with E-state index in [1.54, 1.807) is 5.32 Å². The van der Waals surface area contributed by atoms with Gasteiger partial charge in [-0.2, -0.15) is 39.5 Å².